The van der Waals surface area contributed by atoms with E-state index in [0.717, 1.165) is 11.3 Å². The number of carbonyl (C=O) groups excluding carboxylic acids is 2. The molecule has 0 unspecified atom stereocenters. The topological polar surface area (TPSA) is 112 Å². The molecule has 3 rings (SSSR count). The van der Waals surface area contributed by atoms with E-state index < -0.39 is 5.91 Å². The van der Waals surface area contributed by atoms with E-state index in [0.29, 0.717) is 38.0 Å². The fourth-order valence-corrected chi connectivity index (χ4v) is 4.25. The van der Waals surface area contributed by atoms with Crippen LogP contribution in [0.2, 0.25) is 0 Å². The lowest BCUT2D eigenvalue weighted by atomic mass is 10.1. The van der Waals surface area contributed by atoms with Crippen molar-refractivity contribution in [2.24, 2.45) is 0 Å². The predicted octanol–water partition coefficient (Wildman–Crippen LogP) is 4.09. The molecule has 1 heterocycles. The summed E-state index contributed by atoms with van der Waals surface area (Å²) in [5.74, 6) is 0.417. The van der Waals surface area contributed by atoms with Crippen LogP contribution in [0.3, 0.4) is 0 Å². The van der Waals surface area contributed by atoms with Crippen LogP contribution in [0, 0.1) is 5.82 Å². The van der Waals surface area contributed by atoms with Gasteiger partial charge >= 0.3 is 0 Å². The normalized spacial score (nSPS) is 10.7. The Morgan fingerprint density at radius 1 is 1.03 bits per heavy atom. The summed E-state index contributed by atoms with van der Waals surface area (Å²) in [6.07, 6.45) is 2.93. The number of hydrogen-bond acceptors (Lipinski definition) is 9. The molecule has 9 nitrogen and oxygen atoms in total. The van der Waals surface area contributed by atoms with Crippen LogP contribution in [-0.4, -0.2) is 49.1 Å². The fraction of sp³-hybridized carbons (Fsp3) is 0.182. The summed E-state index contributed by atoms with van der Waals surface area (Å²) in [5.41, 5.74) is 1.17. The van der Waals surface area contributed by atoms with E-state index in [-0.39, 0.29) is 17.5 Å². The molecule has 34 heavy (non-hydrogen) atoms. The van der Waals surface area contributed by atoms with Crippen LogP contribution in [0.25, 0.3) is 6.08 Å². The molecule has 0 atom stereocenters. The number of benzene rings is 2. The van der Waals surface area contributed by atoms with Crippen molar-refractivity contribution in [3.8, 4) is 17.2 Å². The standard InChI is InChI=1S/C22H21FN4O5S2/c1-30-16-10-13(11-17(31-2)20(16)32-3)4-9-18(28)25-21-26-27-22(34-21)33-12-19(29)24-15-7-5-14(23)6-8-15/h4-11H,12H2,1-3H3,(H,24,29)(H,25,26,28)/b9-4+. The Labute approximate surface area is 203 Å². The maximum absolute atomic E-state index is 12.9. The van der Waals surface area contributed by atoms with Crippen molar-refractivity contribution in [2.45, 2.75) is 4.34 Å². The van der Waals surface area contributed by atoms with E-state index in [9.17, 15) is 14.0 Å². The number of halogens is 1. The van der Waals surface area contributed by atoms with Crippen LogP contribution in [0.4, 0.5) is 15.2 Å². The van der Waals surface area contributed by atoms with E-state index in [2.05, 4.69) is 20.8 Å². The summed E-state index contributed by atoms with van der Waals surface area (Å²) in [7, 11) is 4.53. The van der Waals surface area contributed by atoms with Crippen LogP contribution in [0.1, 0.15) is 5.56 Å². The molecule has 0 bridgehead atoms. The number of rotatable bonds is 10. The van der Waals surface area contributed by atoms with Crippen LogP contribution >= 0.6 is 23.1 Å². The number of anilines is 2. The number of nitrogens with one attached hydrogen (secondary N) is 2. The Morgan fingerprint density at radius 2 is 1.71 bits per heavy atom. The summed E-state index contributed by atoms with van der Waals surface area (Å²) >= 11 is 2.31. The van der Waals surface area contributed by atoms with Crippen molar-refractivity contribution in [3.05, 3.63) is 53.9 Å². The number of methoxy groups -OCH3 is 3. The van der Waals surface area contributed by atoms with Crippen molar-refractivity contribution in [2.75, 3.05) is 37.7 Å². The summed E-state index contributed by atoms with van der Waals surface area (Å²) in [6.45, 7) is 0. The molecule has 3 aromatic rings. The SMILES string of the molecule is COc1cc(/C=C/C(=O)Nc2nnc(SCC(=O)Nc3ccc(F)cc3)s2)cc(OC)c1OC. The lowest BCUT2D eigenvalue weighted by Gasteiger charge is -2.12. The molecule has 0 aliphatic heterocycles. The van der Waals surface area contributed by atoms with Crippen LogP contribution in [0.5, 0.6) is 17.2 Å². The van der Waals surface area contributed by atoms with Gasteiger partial charge in [-0.15, -0.1) is 10.2 Å². The van der Waals surface area contributed by atoms with Gasteiger partial charge in [0.1, 0.15) is 5.82 Å². The summed E-state index contributed by atoms with van der Waals surface area (Å²) in [5, 5.41) is 13.5. The van der Waals surface area contributed by atoms with Crippen LogP contribution in [0.15, 0.2) is 46.8 Å². The zero-order valence-corrected chi connectivity index (χ0v) is 20.1. The first-order chi connectivity index (χ1) is 16.4. The number of nitrogens with zero attached hydrogens (tertiary/aromatic N) is 2. The quantitative estimate of drug-likeness (QED) is 0.241. The minimum absolute atomic E-state index is 0.0843. The Kier molecular flexibility index (Phi) is 8.82. The fourth-order valence-electron chi connectivity index (χ4n) is 2.69. The average Bonchev–Trinajstić information content (AvgIpc) is 3.29. The van der Waals surface area contributed by atoms with Crippen molar-refractivity contribution >= 4 is 51.8 Å². The molecule has 12 heteroatoms. The lowest BCUT2D eigenvalue weighted by molar-refractivity contribution is -0.114. The zero-order valence-electron chi connectivity index (χ0n) is 18.5. The minimum atomic E-state index is -0.407. The number of thioether (sulfide) groups is 1. The lowest BCUT2D eigenvalue weighted by Crippen LogP contribution is -2.13. The molecule has 178 valence electrons. The number of carbonyl (C=O) groups is 2. The van der Waals surface area contributed by atoms with Gasteiger partial charge in [-0.05, 0) is 48.0 Å². The van der Waals surface area contributed by atoms with E-state index in [1.165, 1.54) is 63.4 Å². The molecule has 1 aromatic heterocycles. The third-order valence-electron chi connectivity index (χ3n) is 4.21. The highest BCUT2D eigenvalue weighted by molar-refractivity contribution is 8.01. The van der Waals surface area contributed by atoms with Gasteiger partial charge in [-0.1, -0.05) is 23.1 Å². The van der Waals surface area contributed by atoms with E-state index >= 15 is 0 Å². The second-order valence-corrected chi connectivity index (χ2v) is 8.70. The molecule has 0 aliphatic carbocycles. The van der Waals surface area contributed by atoms with E-state index in [1.54, 1.807) is 18.2 Å². The summed E-state index contributed by atoms with van der Waals surface area (Å²) in [6, 6.07) is 8.89. The van der Waals surface area contributed by atoms with Gasteiger partial charge in [0.25, 0.3) is 0 Å². The molecule has 0 aliphatic rings. The van der Waals surface area contributed by atoms with Gasteiger partial charge in [0.05, 0.1) is 27.1 Å². The van der Waals surface area contributed by atoms with E-state index in [1.807, 2.05) is 0 Å². The number of ether oxygens (including phenoxy) is 3. The number of aromatic nitrogens is 2. The minimum Gasteiger partial charge on any atom is -0.493 e. The first-order valence-corrected chi connectivity index (χ1v) is 11.5. The third kappa shape index (κ3) is 6.93. The van der Waals surface area contributed by atoms with E-state index in [4.69, 9.17) is 14.2 Å². The highest BCUT2D eigenvalue weighted by atomic mass is 32.2. The highest BCUT2D eigenvalue weighted by Crippen LogP contribution is 2.38. The summed E-state index contributed by atoms with van der Waals surface area (Å²) in [4.78, 5) is 24.3. The Morgan fingerprint density at radius 3 is 2.32 bits per heavy atom. The van der Waals surface area contributed by atoms with Gasteiger partial charge in [-0.2, -0.15) is 0 Å². The number of amides is 2. The van der Waals surface area contributed by atoms with Crippen molar-refractivity contribution in [1.29, 1.82) is 0 Å². The van der Waals surface area contributed by atoms with Gasteiger partial charge < -0.3 is 19.5 Å². The van der Waals surface area contributed by atoms with Crippen molar-refractivity contribution in [3.63, 3.8) is 0 Å². The first-order valence-electron chi connectivity index (χ1n) is 9.72. The zero-order chi connectivity index (χ0) is 24.5. The largest absolute Gasteiger partial charge is 0.493 e. The van der Waals surface area contributed by atoms with Crippen molar-refractivity contribution in [1.82, 2.24) is 10.2 Å². The second kappa shape index (κ2) is 12.0. The molecule has 2 amide bonds. The maximum atomic E-state index is 12.9. The number of hydrogen-bond donors (Lipinski definition) is 2. The average molecular weight is 505 g/mol. The third-order valence-corrected chi connectivity index (χ3v) is 6.18. The smallest absolute Gasteiger partial charge is 0.250 e. The monoisotopic (exact) mass is 504 g/mol. The molecule has 2 aromatic carbocycles. The van der Waals surface area contributed by atoms with Gasteiger partial charge in [0.2, 0.25) is 22.7 Å². The Bertz CT molecular complexity index is 1160. The molecule has 0 fully saturated rings. The molecule has 0 saturated heterocycles. The van der Waals surface area contributed by atoms with Gasteiger partial charge in [0, 0.05) is 11.8 Å². The van der Waals surface area contributed by atoms with Crippen LogP contribution < -0.4 is 24.8 Å². The van der Waals surface area contributed by atoms with Crippen molar-refractivity contribution < 1.29 is 28.2 Å². The second-order valence-electron chi connectivity index (χ2n) is 6.50. The first kappa shape index (κ1) is 25.0. The Balaban J connectivity index is 1.53. The highest BCUT2D eigenvalue weighted by Gasteiger charge is 2.13. The molecular weight excluding hydrogens is 483 g/mol. The Hall–Kier alpha value is -3.64. The van der Waals surface area contributed by atoms with Gasteiger partial charge in [0.15, 0.2) is 15.8 Å². The summed E-state index contributed by atoms with van der Waals surface area (Å²) < 4.78 is 29.3. The maximum Gasteiger partial charge on any atom is 0.250 e. The van der Waals surface area contributed by atoms with Gasteiger partial charge in [-0.25, -0.2) is 4.39 Å². The van der Waals surface area contributed by atoms with Gasteiger partial charge in [-0.3, -0.25) is 14.9 Å². The molecule has 0 radical (unpaired) electrons. The molecular formula is C22H21FN4O5S2. The van der Waals surface area contributed by atoms with Crippen LogP contribution in [-0.2, 0) is 9.59 Å². The molecule has 0 saturated carbocycles. The molecule has 0 spiro atoms. The molecule has 2 N–H and O–H groups in total. The predicted molar refractivity (Wildman–Crippen MR) is 129 cm³/mol.